The SMILES string of the molecule is CCOc1ccc(N=c2oc3ccc4ccccc4c3cc2-c2nc3ccccc3s2)cc1. The van der Waals surface area contributed by atoms with Crippen LogP contribution in [0.15, 0.2) is 100 Å². The highest BCUT2D eigenvalue weighted by Crippen LogP contribution is 2.32. The molecule has 0 atom stereocenters. The molecule has 0 aliphatic heterocycles. The number of benzene rings is 4. The van der Waals surface area contributed by atoms with Crippen LogP contribution in [0.4, 0.5) is 5.69 Å². The molecule has 6 rings (SSSR count). The second-order valence-electron chi connectivity index (χ2n) is 7.69. The third kappa shape index (κ3) is 3.66. The number of thiazole rings is 1. The van der Waals surface area contributed by atoms with Crippen molar-refractivity contribution in [2.45, 2.75) is 6.92 Å². The molecule has 0 saturated carbocycles. The summed E-state index contributed by atoms with van der Waals surface area (Å²) in [6.07, 6.45) is 0. The van der Waals surface area contributed by atoms with E-state index in [4.69, 9.17) is 19.1 Å². The van der Waals surface area contributed by atoms with Crippen molar-refractivity contribution in [3.63, 3.8) is 0 Å². The molecule has 2 heterocycles. The van der Waals surface area contributed by atoms with Crippen LogP contribution in [-0.4, -0.2) is 11.6 Å². The van der Waals surface area contributed by atoms with E-state index in [2.05, 4.69) is 42.5 Å². The first-order chi connectivity index (χ1) is 16.3. The van der Waals surface area contributed by atoms with Crippen LogP contribution in [0.1, 0.15) is 6.92 Å². The van der Waals surface area contributed by atoms with Crippen molar-refractivity contribution in [3.8, 4) is 16.3 Å². The van der Waals surface area contributed by atoms with Crippen molar-refractivity contribution < 1.29 is 9.15 Å². The summed E-state index contributed by atoms with van der Waals surface area (Å²) in [7, 11) is 0. The van der Waals surface area contributed by atoms with Crippen LogP contribution >= 0.6 is 11.3 Å². The van der Waals surface area contributed by atoms with Gasteiger partial charge in [-0.2, -0.15) is 0 Å². The van der Waals surface area contributed by atoms with E-state index >= 15 is 0 Å². The number of ether oxygens (including phenoxy) is 1. The first-order valence-electron chi connectivity index (χ1n) is 10.9. The van der Waals surface area contributed by atoms with E-state index in [1.165, 1.54) is 5.39 Å². The Bertz CT molecular complexity index is 1650. The fourth-order valence-electron chi connectivity index (χ4n) is 4.00. The van der Waals surface area contributed by atoms with E-state index < -0.39 is 0 Å². The van der Waals surface area contributed by atoms with Crippen molar-refractivity contribution in [2.75, 3.05) is 6.61 Å². The number of hydrogen-bond acceptors (Lipinski definition) is 5. The standard InChI is InChI=1S/C28H20N2O2S/c1-2-31-20-14-12-19(13-15-20)29-27-23(28-30-24-9-5-6-10-26(24)33-28)17-22-21-8-4-3-7-18(21)11-16-25(22)32-27/h3-17H,2H2,1H3. The Hall–Kier alpha value is -3.96. The number of para-hydroxylation sites is 1. The van der Waals surface area contributed by atoms with Crippen molar-refractivity contribution >= 4 is 49.0 Å². The third-order valence-corrected chi connectivity index (χ3v) is 6.63. The van der Waals surface area contributed by atoms with E-state index in [0.29, 0.717) is 12.2 Å². The molecule has 0 unspecified atom stereocenters. The lowest BCUT2D eigenvalue weighted by Gasteiger charge is -2.06. The van der Waals surface area contributed by atoms with Gasteiger partial charge in [-0.25, -0.2) is 9.98 Å². The van der Waals surface area contributed by atoms with E-state index in [9.17, 15) is 0 Å². The number of rotatable bonds is 4. The molecule has 0 fully saturated rings. The molecule has 5 heteroatoms. The van der Waals surface area contributed by atoms with E-state index in [1.54, 1.807) is 11.3 Å². The Balaban J connectivity index is 1.62. The van der Waals surface area contributed by atoms with Gasteiger partial charge in [0, 0.05) is 5.39 Å². The van der Waals surface area contributed by atoms with Crippen molar-refractivity contribution in [1.29, 1.82) is 0 Å². The van der Waals surface area contributed by atoms with Gasteiger partial charge >= 0.3 is 0 Å². The maximum atomic E-state index is 6.40. The molecule has 0 saturated heterocycles. The van der Waals surface area contributed by atoms with Crippen LogP contribution < -0.4 is 10.3 Å². The first kappa shape index (κ1) is 19.7. The molecule has 0 radical (unpaired) electrons. The van der Waals surface area contributed by atoms with Crippen LogP contribution in [0.3, 0.4) is 0 Å². The van der Waals surface area contributed by atoms with Crippen LogP contribution in [0.25, 0.3) is 42.5 Å². The highest BCUT2D eigenvalue weighted by Gasteiger charge is 2.13. The van der Waals surface area contributed by atoms with Gasteiger partial charge in [0.05, 0.1) is 28.1 Å². The lowest BCUT2D eigenvalue weighted by atomic mass is 10.0. The minimum absolute atomic E-state index is 0.543. The Morgan fingerprint density at radius 1 is 0.879 bits per heavy atom. The topological polar surface area (TPSA) is 47.6 Å². The molecular formula is C28H20N2O2S. The van der Waals surface area contributed by atoms with Crippen LogP contribution in [0.5, 0.6) is 5.75 Å². The van der Waals surface area contributed by atoms with Gasteiger partial charge in [-0.15, -0.1) is 11.3 Å². The Kier molecular flexibility index (Phi) is 4.89. The normalized spacial score (nSPS) is 12.1. The second kappa shape index (κ2) is 8.19. The van der Waals surface area contributed by atoms with Gasteiger partial charge in [-0.05, 0) is 66.2 Å². The summed E-state index contributed by atoms with van der Waals surface area (Å²) in [5.41, 5.74) is 3.99. The van der Waals surface area contributed by atoms with Crippen LogP contribution in [0, 0.1) is 0 Å². The quantitative estimate of drug-likeness (QED) is 0.262. The molecule has 160 valence electrons. The number of nitrogens with zero attached hydrogens (tertiary/aromatic N) is 2. The minimum atomic E-state index is 0.543. The van der Waals surface area contributed by atoms with Gasteiger partial charge in [0.1, 0.15) is 16.3 Å². The highest BCUT2D eigenvalue weighted by molar-refractivity contribution is 7.21. The summed E-state index contributed by atoms with van der Waals surface area (Å²) >= 11 is 1.65. The van der Waals surface area contributed by atoms with Gasteiger partial charge in [0.25, 0.3) is 0 Å². The number of aromatic nitrogens is 1. The summed E-state index contributed by atoms with van der Waals surface area (Å²) in [5.74, 6) is 0.824. The zero-order valence-corrected chi connectivity index (χ0v) is 18.8. The molecule has 0 N–H and O–H groups in total. The summed E-state index contributed by atoms with van der Waals surface area (Å²) < 4.78 is 13.1. The number of fused-ring (bicyclic) bond motifs is 4. The molecule has 0 aliphatic carbocycles. The van der Waals surface area contributed by atoms with Gasteiger partial charge < -0.3 is 9.15 Å². The fourth-order valence-corrected chi connectivity index (χ4v) is 4.98. The van der Waals surface area contributed by atoms with Gasteiger partial charge in [-0.1, -0.05) is 42.5 Å². The Labute approximate surface area is 194 Å². The molecule has 0 aliphatic rings. The van der Waals surface area contributed by atoms with Crippen molar-refractivity contribution in [1.82, 2.24) is 4.98 Å². The maximum absolute atomic E-state index is 6.40. The van der Waals surface area contributed by atoms with Gasteiger partial charge in [0.2, 0.25) is 5.55 Å². The van der Waals surface area contributed by atoms with Gasteiger partial charge in [0.15, 0.2) is 0 Å². The average Bonchev–Trinajstić information content (AvgIpc) is 3.29. The predicted octanol–water partition coefficient (Wildman–Crippen LogP) is 7.49. The maximum Gasteiger partial charge on any atom is 0.230 e. The van der Waals surface area contributed by atoms with E-state index in [0.717, 1.165) is 48.6 Å². The molecule has 0 spiro atoms. The molecule has 4 nitrogen and oxygen atoms in total. The lowest BCUT2D eigenvalue weighted by Crippen LogP contribution is -2.05. The average molecular weight is 449 g/mol. The van der Waals surface area contributed by atoms with Gasteiger partial charge in [-0.3, -0.25) is 0 Å². The van der Waals surface area contributed by atoms with E-state index in [-0.39, 0.29) is 0 Å². The molecule has 6 aromatic rings. The summed E-state index contributed by atoms with van der Waals surface area (Å²) in [6, 6.07) is 30.5. The Morgan fingerprint density at radius 3 is 2.55 bits per heavy atom. The summed E-state index contributed by atoms with van der Waals surface area (Å²) in [6.45, 7) is 2.60. The van der Waals surface area contributed by atoms with E-state index in [1.807, 2.05) is 55.5 Å². The monoisotopic (exact) mass is 448 g/mol. The molecule has 0 bridgehead atoms. The second-order valence-corrected chi connectivity index (χ2v) is 8.72. The zero-order valence-electron chi connectivity index (χ0n) is 18.0. The fraction of sp³-hybridized carbons (Fsp3) is 0.0714. The lowest BCUT2D eigenvalue weighted by molar-refractivity contribution is 0.340. The van der Waals surface area contributed by atoms with Crippen LogP contribution in [0.2, 0.25) is 0 Å². The Morgan fingerprint density at radius 2 is 1.70 bits per heavy atom. The molecule has 0 amide bonds. The first-order valence-corrected chi connectivity index (χ1v) is 11.7. The summed E-state index contributed by atoms with van der Waals surface area (Å²) in [5, 5.41) is 4.26. The molecule has 33 heavy (non-hydrogen) atoms. The largest absolute Gasteiger partial charge is 0.494 e. The minimum Gasteiger partial charge on any atom is -0.494 e. The molecular weight excluding hydrogens is 428 g/mol. The van der Waals surface area contributed by atoms with Crippen molar-refractivity contribution in [3.05, 3.63) is 96.5 Å². The summed E-state index contributed by atoms with van der Waals surface area (Å²) in [4.78, 5) is 9.75. The highest BCUT2D eigenvalue weighted by atomic mass is 32.1. The third-order valence-electron chi connectivity index (χ3n) is 5.56. The van der Waals surface area contributed by atoms with Crippen molar-refractivity contribution in [2.24, 2.45) is 4.99 Å². The molecule has 4 aromatic carbocycles. The van der Waals surface area contributed by atoms with Crippen LogP contribution in [-0.2, 0) is 0 Å². The zero-order chi connectivity index (χ0) is 22.2. The predicted molar refractivity (Wildman–Crippen MR) is 135 cm³/mol. The molecule has 2 aromatic heterocycles. The number of hydrogen-bond donors (Lipinski definition) is 0. The smallest absolute Gasteiger partial charge is 0.230 e.